The van der Waals surface area contributed by atoms with Crippen LogP contribution in [-0.2, 0) is 46.3 Å². The van der Waals surface area contributed by atoms with E-state index >= 15 is 0 Å². The van der Waals surface area contributed by atoms with Crippen molar-refractivity contribution in [2.75, 3.05) is 40.4 Å². The number of thiazole rings is 1. The van der Waals surface area contributed by atoms with E-state index in [0.29, 0.717) is 43.8 Å². The number of hydrazine groups is 1. The maximum atomic E-state index is 14.5. The van der Waals surface area contributed by atoms with Crippen LogP contribution in [0.2, 0.25) is 0 Å². The van der Waals surface area contributed by atoms with E-state index in [9.17, 15) is 24.0 Å². The van der Waals surface area contributed by atoms with Crippen molar-refractivity contribution in [2.24, 2.45) is 17.3 Å². The number of benzene rings is 1. The van der Waals surface area contributed by atoms with Crippen molar-refractivity contribution in [3.8, 4) is 34.4 Å². The summed E-state index contributed by atoms with van der Waals surface area (Å²) < 4.78 is 11.8. The van der Waals surface area contributed by atoms with Crippen molar-refractivity contribution in [1.82, 2.24) is 40.5 Å². The Hall–Kier alpha value is -5.63. The molecule has 334 valence electrons. The number of rotatable bonds is 8. The van der Waals surface area contributed by atoms with Gasteiger partial charge in [-0.3, -0.25) is 34.0 Å². The van der Waals surface area contributed by atoms with Gasteiger partial charge < -0.3 is 29.6 Å². The minimum Gasteiger partial charge on any atom is -0.464 e. The number of pyridine rings is 1. The third-order valence-electron chi connectivity index (χ3n) is 12.3. The Morgan fingerprint density at radius 1 is 1.13 bits per heavy atom. The molecule has 0 aliphatic carbocycles. The van der Waals surface area contributed by atoms with Crippen LogP contribution >= 0.6 is 11.3 Å². The van der Waals surface area contributed by atoms with Gasteiger partial charge in [0.2, 0.25) is 11.8 Å². The number of carbonyl (C=O) groups excluding carboxylic acids is 5. The quantitative estimate of drug-likeness (QED) is 0.160. The van der Waals surface area contributed by atoms with Crippen LogP contribution in [0.3, 0.4) is 0 Å². The number of cyclic esters (lactones) is 1. The van der Waals surface area contributed by atoms with Gasteiger partial charge in [0.15, 0.2) is 0 Å². The highest BCUT2D eigenvalue weighted by Crippen LogP contribution is 2.40. The average Bonchev–Trinajstić information content (AvgIpc) is 4.04. The fourth-order valence-electron chi connectivity index (χ4n) is 8.94. The number of esters is 1. The zero-order chi connectivity index (χ0) is 45.2. The van der Waals surface area contributed by atoms with E-state index in [2.05, 4.69) is 47.5 Å². The Kier molecular flexibility index (Phi) is 13.7. The standard InChI is InChI=1S/C47H58N8O7S/c1-9-12-39(56)54-20-17-30(24-54)44(58)53(7)42(27(2)3)43(57)51-36-22-38-49-37(25-63-38)29-15-16-34-32(21-29)33(41(50-34)31-13-10-18-48-40(31)28(4)61-8)23-47(5,6)26-62-46(60)35-14-11-19-55(52-35)45(36)59/h10,13,15-16,18,21,25,27-28,30,35-36,42,50,52H,11,14,17,19-20,22-24,26H2,1-8H3,(H,51,57)/t28-,30-,35-,36-,42?/m0/s1. The lowest BCUT2D eigenvalue weighted by molar-refractivity contribution is -0.155. The summed E-state index contributed by atoms with van der Waals surface area (Å²) in [6.45, 7) is 12.5. The van der Waals surface area contributed by atoms with Gasteiger partial charge in [-0.25, -0.2) is 10.4 Å². The first-order valence-corrected chi connectivity index (χ1v) is 22.6. The molecule has 3 aliphatic rings. The van der Waals surface area contributed by atoms with Gasteiger partial charge in [-0.2, -0.15) is 0 Å². The van der Waals surface area contributed by atoms with Crippen LogP contribution in [0, 0.1) is 29.1 Å². The molecule has 2 saturated heterocycles. The molecule has 1 aromatic carbocycles. The molecule has 0 spiro atoms. The number of amides is 4. The molecule has 5 atom stereocenters. The van der Waals surface area contributed by atoms with E-state index in [4.69, 9.17) is 19.4 Å². The van der Waals surface area contributed by atoms with Crippen LogP contribution in [0.1, 0.15) is 83.2 Å². The molecule has 63 heavy (non-hydrogen) atoms. The van der Waals surface area contributed by atoms with Crippen LogP contribution in [0.5, 0.6) is 0 Å². The number of nitrogens with one attached hydrogen (secondary N) is 3. The summed E-state index contributed by atoms with van der Waals surface area (Å²) >= 11 is 1.39. The first-order valence-electron chi connectivity index (χ1n) is 21.7. The Labute approximate surface area is 372 Å². The van der Waals surface area contributed by atoms with E-state index in [1.54, 1.807) is 32.2 Å². The van der Waals surface area contributed by atoms with Crippen molar-refractivity contribution < 1.29 is 33.4 Å². The third kappa shape index (κ3) is 9.80. The highest BCUT2D eigenvalue weighted by molar-refractivity contribution is 7.10. The Bertz CT molecular complexity index is 2450. The van der Waals surface area contributed by atoms with Gasteiger partial charge >= 0.3 is 5.97 Å². The molecule has 6 bridgehead atoms. The fraction of sp³-hybridized carbons (Fsp3) is 0.511. The number of aromatic amines is 1. The molecule has 4 amide bonds. The number of aromatic nitrogens is 3. The molecule has 0 radical (unpaired) electrons. The molecule has 7 rings (SSSR count). The van der Waals surface area contributed by atoms with Crippen molar-refractivity contribution in [1.29, 1.82) is 0 Å². The monoisotopic (exact) mass is 878 g/mol. The van der Waals surface area contributed by atoms with Gasteiger partial charge in [-0.05, 0) is 81.2 Å². The zero-order valence-electron chi connectivity index (χ0n) is 37.4. The maximum Gasteiger partial charge on any atom is 0.324 e. The van der Waals surface area contributed by atoms with E-state index in [1.807, 2.05) is 50.4 Å². The van der Waals surface area contributed by atoms with Crippen molar-refractivity contribution >= 4 is 51.8 Å². The summed E-state index contributed by atoms with van der Waals surface area (Å²) in [6.07, 6.45) is 3.59. The summed E-state index contributed by atoms with van der Waals surface area (Å²) in [7, 11) is 3.26. The predicted molar refractivity (Wildman–Crippen MR) is 240 cm³/mol. The molecule has 15 nitrogen and oxygen atoms in total. The number of hydrogen-bond donors (Lipinski definition) is 3. The minimum atomic E-state index is -1.09. The van der Waals surface area contributed by atoms with Crippen LogP contribution in [0.4, 0.5) is 0 Å². The number of nitrogens with zero attached hydrogens (tertiary/aromatic N) is 5. The lowest BCUT2D eigenvalue weighted by Gasteiger charge is -2.36. The largest absolute Gasteiger partial charge is 0.464 e. The number of H-pyrrole nitrogens is 1. The SMILES string of the molecule is CC#CC(=O)N1CC[C@H](C(=O)N(C)C(C(=O)N[C@H]2Cc3nc(cs3)-c3ccc4[nH]c(-c5cccnc5[C@H](C)OC)c(c4c3)CC(C)(C)COC(=O)[C@@H]3CCCN(N3)C2=O)C(C)C)C1. The highest BCUT2D eigenvalue weighted by Gasteiger charge is 2.40. The molecular formula is C47H58N8O7S. The zero-order valence-corrected chi connectivity index (χ0v) is 38.2. The summed E-state index contributed by atoms with van der Waals surface area (Å²) in [6, 6.07) is 7.33. The number of likely N-dealkylation sites (N-methyl/N-ethyl adjacent to an activating group) is 1. The molecule has 4 aromatic rings. The van der Waals surface area contributed by atoms with Gasteiger partial charge in [-0.15, -0.1) is 11.3 Å². The molecule has 3 aromatic heterocycles. The molecule has 2 fully saturated rings. The molecule has 3 aliphatic heterocycles. The minimum absolute atomic E-state index is 0.0701. The number of methoxy groups -OCH3 is 1. The maximum absolute atomic E-state index is 14.5. The molecule has 1 unspecified atom stereocenters. The first-order chi connectivity index (χ1) is 30.1. The third-order valence-corrected chi connectivity index (χ3v) is 13.2. The molecule has 16 heteroatoms. The smallest absolute Gasteiger partial charge is 0.324 e. The number of hydrogen-bond acceptors (Lipinski definition) is 11. The Morgan fingerprint density at radius 3 is 2.67 bits per heavy atom. The van der Waals surface area contributed by atoms with Crippen molar-refractivity contribution in [2.45, 2.75) is 97.9 Å². The van der Waals surface area contributed by atoms with E-state index in [0.717, 1.165) is 44.7 Å². The topological polar surface area (TPSA) is 179 Å². The van der Waals surface area contributed by atoms with Gasteiger partial charge in [0.05, 0.1) is 40.7 Å². The van der Waals surface area contributed by atoms with Crippen molar-refractivity contribution in [3.63, 3.8) is 0 Å². The van der Waals surface area contributed by atoms with E-state index in [-0.39, 0.29) is 43.4 Å². The lowest BCUT2D eigenvalue weighted by atomic mass is 9.84. The van der Waals surface area contributed by atoms with Crippen LogP contribution in [0.15, 0.2) is 41.9 Å². The second-order valence-electron chi connectivity index (χ2n) is 18.0. The number of likely N-dealkylation sites (tertiary alicyclic amines) is 1. The van der Waals surface area contributed by atoms with Gasteiger partial charge in [0, 0.05) is 79.2 Å². The summed E-state index contributed by atoms with van der Waals surface area (Å²) in [5, 5.41) is 7.98. The van der Waals surface area contributed by atoms with Crippen molar-refractivity contribution in [3.05, 3.63) is 58.2 Å². The van der Waals surface area contributed by atoms with E-state index < -0.39 is 47.2 Å². The molecule has 6 heterocycles. The normalized spacial score (nSPS) is 21.3. The fourth-order valence-corrected chi connectivity index (χ4v) is 9.79. The highest BCUT2D eigenvalue weighted by atomic mass is 32.1. The predicted octanol–water partition coefficient (Wildman–Crippen LogP) is 5.06. The van der Waals surface area contributed by atoms with Gasteiger partial charge in [0.25, 0.3) is 11.8 Å². The van der Waals surface area contributed by atoms with Gasteiger partial charge in [-0.1, -0.05) is 39.7 Å². The Balaban J connectivity index is 1.23. The average molecular weight is 879 g/mol. The molecular weight excluding hydrogens is 821 g/mol. The molecule has 3 N–H and O–H groups in total. The molecule has 0 saturated carbocycles. The Morgan fingerprint density at radius 2 is 1.92 bits per heavy atom. The lowest BCUT2D eigenvalue weighted by Crippen LogP contribution is -2.62. The second-order valence-corrected chi connectivity index (χ2v) is 18.9. The van der Waals surface area contributed by atoms with E-state index in [1.165, 1.54) is 21.2 Å². The first kappa shape index (κ1) is 45.4. The number of fused-ring (bicyclic) bond motifs is 6. The van der Waals surface area contributed by atoms with Crippen LogP contribution < -0.4 is 10.7 Å². The van der Waals surface area contributed by atoms with Gasteiger partial charge in [0.1, 0.15) is 18.1 Å². The number of carbonyl (C=O) groups is 5. The van der Waals surface area contributed by atoms with Crippen LogP contribution in [0.25, 0.3) is 33.4 Å². The second kappa shape index (κ2) is 19.0. The summed E-state index contributed by atoms with van der Waals surface area (Å²) in [5.74, 6) is 2.38. The van der Waals surface area contributed by atoms with Crippen LogP contribution in [-0.4, -0.2) is 118 Å². The summed E-state index contributed by atoms with van der Waals surface area (Å²) in [5.41, 5.74) is 8.82. The summed E-state index contributed by atoms with van der Waals surface area (Å²) in [4.78, 5) is 85.4. The number of ether oxygens (including phenoxy) is 2.